The Morgan fingerprint density at radius 3 is 2.39 bits per heavy atom. The number of piperazine rings is 1. The second-order valence-corrected chi connectivity index (χ2v) is 7.26. The van der Waals surface area contributed by atoms with Gasteiger partial charge in [-0.3, -0.25) is 14.4 Å². The maximum absolute atomic E-state index is 12.4. The molecule has 1 aliphatic rings. The first-order valence-corrected chi connectivity index (χ1v) is 9.78. The van der Waals surface area contributed by atoms with E-state index in [0.717, 1.165) is 11.3 Å². The Labute approximate surface area is 170 Å². The topological polar surface area (TPSA) is 76.2 Å². The van der Waals surface area contributed by atoms with Gasteiger partial charge in [-0.15, -0.1) is 0 Å². The van der Waals surface area contributed by atoms with E-state index in [1.807, 2.05) is 13.0 Å². The average molecular weight is 411 g/mol. The Morgan fingerprint density at radius 1 is 1.14 bits per heavy atom. The van der Waals surface area contributed by atoms with Gasteiger partial charge in [-0.1, -0.05) is 11.6 Å². The van der Waals surface area contributed by atoms with E-state index in [0.29, 0.717) is 44.2 Å². The molecule has 0 saturated carbocycles. The zero-order chi connectivity index (χ0) is 20.7. The fourth-order valence-corrected chi connectivity index (χ4v) is 3.21. The molecule has 154 valence electrons. The zero-order valence-corrected chi connectivity index (χ0v) is 17.3. The van der Waals surface area contributed by atoms with Crippen LogP contribution < -0.4 is 4.74 Å². The van der Waals surface area contributed by atoms with Gasteiger partial charge in [0.2, 0.25) is 5.91 Å². The summed E-state index contributed by atoms with van der Waals surface area (Å²) in [4.78, 5) is 39.1. The normalized spacial score (nSPS) is 15.1. The van der Waals surface area contributed by atoms with Crippen molar-refractivity contribution in [3.63, 3.8) is 0 Å². The van der Waals surface area contributed by atoms with Crippen LogP contribution in [-0.4, -0.2) is 66.5 Å². The molecular weight excluding hydrogens is 384 g/mol. The van der Waals surface area contributed by atoms with Gasteiger partial charge in [-0.2, -0.15) is 0 Å². The van der Waals surface area contributed by atoms with Crippen molar-refractivity contribution in [3.05, 3.63) is 28.8 Å². The van der Waals surface area contributed by atoms with Crippen LogP contribution in [0.5, 0.6) is 5.75 Å². The highest BCUT2D eigenvalue weighted by molar-refractivity contribution is 6.30. The van der Waals surface area contributed by atoms with E-state index in [-0.39, 0.29) is 18.2 Å². The molecule has 0 bridgehead atoms. The van der Waals surface area contributed by atoms with E-state index < -0.39 is 12.1 Å². The third kappa shape index (κ3) is 6.41. The summed E-state index contributed by atoms with van der Waals surface area (Å²) < 4.78 is 10.9. The summed E-state index contributed by atoms with van der Waals surface area (Å²) in [5.41, 5.74) is 0.930. The van der Waals surface area contributed by atoms with Crippen LogP contribution in [-0.2, 0) is 19.1 Å². The molecule has 8 heteroatoms. The zero-order valence-electron chi connectivity index (χ0n) is 16.6. The van der Waals surface area contributed by atoms with Gasteiger partial charge in [-0.25, -0.2) is 0 Å². The molecule has 1 heterocycles. The van der Waals surface area contributed by atoms with Gasteiger partial charge in [0, 0.05) is 44.5 Å². The molecule has 7 nitrogen and oxygen atoms in total. The molecular formula is C20H27ClN2O5. The molecule has 1 fully saturated rings. The second kappa shape index (κ2) is 10.3. The van der Waals surface area contributed by atoms with Crippen LogP contribution in [0, 0.1) is 6.92 Å². The van der Waals surface area contributed by atoms with Crippen molar-refractivity contribution >= 4 is 29.4 Å². The first-order valence-electron chi connectivity index (χ1n) is 9.40. The average Bonchev–Trinajstić information content (AvgIpc) is 2.66. The minimum atomic E-state index is -0.837. The molecule has 1 aliphatic heterocycles. The minimum absolute atomic E-state index is 0.00240. The Balaban J connectivity index is 1.67. The Morgan fingerprint density at radius 2 is 1.79 bits per heavy atom. The van der Waals surface area contributed by atoms with Gasteiger partial charge in [0.25, 0.3) is 5.91 Å². The first kappa shape index (κ1) is 22.0. The molecule has 2 amide bonds. The lowest BCUT2D eigenvalue weighted by Crippen LogP contribution is -2.52. The summed E-state index contributed by atoms with van der Waals surface area (Å²) in [6, 6.07) is 5.36. The van der Waals surface area contributed by atoms with Crippen molar-refractivity contribution < 1.29 is 23.9 Å². The Bertz CT molecular complexity index is 717. The standard InChI is InChI=1S/C20H27ClN2O5/c1-14-13-17(21)6-7-18(14)27-12-4-5-19(25)28-15(2)20(26)23-10-8-22(9-11-23)16(3)24/h6-7,13,15H,4-5,8-12H2,1-3H3. The Kier molecular flexibility index (Phi) is 8.11. The van der Waals surface area contributed by atoms with Crippen molar-refractivity contribution in [1.29, 1.82) is 0 Å². The second-order valence-electron chi connectivity index (χ2n) is 6.83. The number of nitrogens with zero attached hydrogens (tertiary/aromatic N) is 2. The molecule has 1 aromatic rings. The number of rotatable bonds is 7. The lowest BCUT2D eigenvalue weighted by molar-refractivity contribution is -0.160. The third-order valence-corrected chi connectivity index (χ3v) is 4.85. The van der Waals surface area contributed by atoms with Crippen molar-refractivity contribution in [2.75, 3.05) is 32.8 Å². The van der Waals surface area contributed by atoms with E-state index in [1.165, 1.54) is 6.92 Å². The number of benzene rings is 1. The summed E-state index contributed by atoms with van der Waals surface area (Å²) in [6.45, 7) is 7.27. The van der Waals surface area contributed by atoms with Crippen LogP contribution in [0.15, 0.2) is 18.2 Å². The number of hydrogen-bond donors (Lipinski definition) is 0. The highest BCUT2D eigenvalue weighted by Gasteiger charge is 2.27. The lowest BCUT2D eigenvalue weighted by Gasteiger charge is -2.35. The summed E-state index contributed by atoms with van der Waals surface area (Å²) >= 11 is 5.91. The van der Waals surface area contributed by atoms with Crippen molar-refractivity contribution in [1.82, 2.24) is 9.80 Å². The number of ether oxygens (including phenoxy) is 2. The highest BCUT2D eigenvalue weighted by atomic mass is 35.5. The van der Waals surface area contributed by atoms with Crippen LogP contribution in [0.3, 0.4) is 0 Å². The molecule has 0 aliphatic carbocycles. The fraction of sp³-hybridized carbons (Fsp3) is 0.550. The van der Waals surface area contributed by atoms with Gasteiger partial charge in [0.05, 0.1) is 6.61 Å². The van der Waals surface area contributed by atoms with E-state index in [9.17, 15) is 14.4 Å². The summed E-state index contributed by atoms with van der Waals surface area (Å²) in [5, 5.41) is 0.648. The summed E-state index contributed by atoms with van der Waals surface area (Å²) in [7, 11) is 0. The summed E-state index contributed by atoms with van der Waals surface area (Å²) in [6.07, 6.45) is -0.183. The van der Waals surface area contributed by atoms with Gasteiger partial charge >= 0.3 is 5.97 Å². The lowest BCUT2D eigenvalue weighted by atomic mass is 10.2. The Hall–Kier alpha value is -2.28. The maximum Gasteiger partial charge on any atom is 0.306 e. The smallest absolute Gasteiger partial charge is 0.306 e. The molecule has 1 aromatic carbocycles. The number of esters is 1. The van der Waals surface area contributed by atoms with Gasteiger partial charge < -0.3 is 19.3 Å². The quantitative estimate of drug-likeness (QED) is 0.509. The minimum Gasteiger partial charge on any atom is -0.493 e. The fourth-order valence-electron chi connectivity index (χ4n) is 2.98. The maximum atomic E-state index is 12.4. The van der Waals surface area contributed by atoms with E-state index in [2.05, 4.69) is 0 Å². The van der Waals surface area contributed by atoms with Crippen LogP contribution in [0.25, 0.3) is 0 Å². The number of halogens is 1. The van der Waals surface area contributed by atoms with Gasteiger partial charge in [0.1, 0.15) is 5.75 Å². The van der Waals surface area contributed by atoms with Gasteiger partial charge in [-0.05, 0) is 44.0 Å². The molecule has 2 rings (SSSR count). The van der Waals surface area contributed by atoms with Crippen molar-refractivity contribution in [2.24, 2.45) is 0 Å². The third-order valence-electron chi connectivity index (χ3n) is 4.61. The largest absolute Gasteiger partial charge is 0.493 e. The molecule has 28 heavy (non-hydrogen) atoms. The number of hydrogen-bond acceptors (Lipinski definition) is 5. The van der Waals surface area contributed by atoms with Gasteiger partial charge in [0.15, 0.2) is 6.10 Å². The number of carbonyl (C=O) groups is 3. The highest BCUT2D eigenvalue weighted by Crippen LogP contribution is 2.22. The van der Waals surface area contributed by atoms with E-state index >= 15 is 0 Å². The van der Waals surface area contributed by atoms with E-state index in [1.54, 1.807) is 28.9 Å². The predicted octanol–water partition coefficient (Wildman–Crippen LogP) is 2.43. The molecule has 0 aromatic heterocycles. The van der Waals surface area contributed by atoms with Crippen LogP contribution in [0.4, 0.5) is 0 Å². The molecule has 1 atom stereocenters. The van der Waals surface area contributed by atoms with Crippen LogP contribution in [0.1, 0.15) is 32.3 Å². The van der Waals surface area contributed by atoms with Crippen molar-refractivity contribution in [2.45, 2.75) is 39.7 Å². The number of amides is 2. The number of carbonyl (C=O) groups excluding carboxylic acids is 3. The summed E-state index contributed by atoms with van der Waals surface area (Å²) in [5.74, 6) is 0.0674. The van der Waals surface area contributed by atoms with Crippen molar-refractivity contribution in [3.8, 4) is 5.75 Å². The molecule has 0 spiro atoms. The van der Waals surface area contributed by atoms with Crippen LogP contribution in [0.2, 0.25) is 5.02 Å². The molecule has 0 radical (unpaired) electrons. The molecule has 0 N–H and O–H groups in total. The van der Waals surface area contributed by atoms with E-state index in [4.69, 9.17) is 21.1 Å². The SMILES string of the molecule is CC(=O)N1CCN(C(=O)C(C)OC(=O)CCCOc2ccc(Cl)cc2C)CC1. The molecule has 1 unspecified atom stereocenters. The number of aryl methyl sites for hydroxylation is 1. The monoisotopic (exact) mass is 410 g/mol. The predicted molar refractivity (Wildman–Crippen MR) is 105 cm³/mol. The molecule has 1 saturated heterocycles. The first-order chi connectivity index (χ1) is 13.3. The van der Waals surface area contributed by atoms with Crippen LogP contribution >= 0.6 is 11.6 Å².